The normalized spacial score (nSPS) is 15.3. The average molecular weight is 421 g/mol. The van der Waals surface area contributed by atoms with Crippen LogP contribution in [0.3, 0.4) is 0 Å². The van der Waals surface area contributed by atoms with Crippen molar-refractivity contribution in [3.8, 4) is 11.5 Å². The van der Waals surface area contributed by atoms with E-state index in [-0.39, 0.29) is 5.56 Å². The van der Waals surface area contributed by atoms with Gasteiger partial charge in [0.25, 0.3) is 0 Å². The Bertz CT molecular complexity index is 1240. The molecule has 0 radical (unpaired) electrons. The van der Waals surface area contributed by atoms with Crippen LogP contribution in [-0.4, -0.2) is 51.4 Å². The lowest BCUT2D eigenvalue weighted by Gasteiger charge is -2.26. The van der Waals surface area contributed by atoms with E-state index in [1.807, 2.05) is 6.07 Å². The Labute approximate surface area is 177 Å². The van der Waals surface area contributed by atoms with Gasteiger partial charge in [0, 0.05) is 37.0 Å². The molecule has 158 valence electrons. The number of aromatic amines is 2. The summed E-state index contributed by atoms with van der Waals surface area (Å²) in [7, 11) is 0. The smallest absolute Gasteiger partial charge is 0.166 e. The number of ether oxygens (including phenoxy) is 1. The number of imidazole rings is 1. The summed E-state index contributed by atoms with van der Waals surface area (Å²) < 4.78 is 32.8. The number of benzene rings is 2. The molecule has 6 nitrogen and oxygen atoms in total. The molecule has 31 heavy (non-hydrogen) atoms. The Hall–Kier alpha value is -3.36. The van der Waals surface area contributed by atoms with E-state index in [1.165, 1.54) is 23.8 Å². The van der Waals surface area contributed by atoms with Crippen LogP contribution in [0.15, 0.2) is 42.6 Å². The maximum absolute atomic E-state index is 13.9. The molecule has 4 aromatic rings. The molecule has 2 N–H and O–H groups in total. The Morgan fingerprint density at radius 2 is 1.90 bits per heavy atom. The first-order valence-electron chi connectivity index (χ1n) is 10.1. The largest absolute Gasteiger partial charge is 0.379 e. The van der Waals surface area contributed by atoms with E-state index in [2.05, 4.69) is 32.2 Å². The Kier molecular flexibility index (Phi) is 5.31. The highest BCUT2D eigenvalue weighted by Crippen LogP contribution is 2.25. The number of hydrogen-bond donors (Lipinski definition) is 2. The lowest BCUT2D eigenvalue weighted by atomic mass is 10.1. The van der Waals surface area contributed by atoms with E-state index in [9.17, 15) is 8.78 Å². The van der Waals surface area contributed by atoms with E-state index in [1.54, 1.807) is 12.3 Å². The molecule has 0 bridgehead atoms. The minimum atomic E-state index is -0.875. The van der Waals surface area contributed by atoms with Crippen LogP contribution in [-0.2, 0) is 11.3 Å². The van der Waals surface area contributed by atoms with Crippen molar-refractivity contribution in [3.05, 3.63) is 70.9 Å². The van der Waals surface area contributed by atoms with Gasteiger partial charge in [-0.3, -0.25) is 10.00 Å². The number of nitrogens with zero attached hydrogens (tertiary/aromatic N) is 3. The summed E-state index contributed by atoms with van der Waals surface area (Å²) in [4.78, 5) is 10.4. The number of hydrogen-bond acceptors (Lipinski definition) is 4. The molecule has 0 aliphatic carbocycles. The van der Waals surface area contributed by atoms with Crippen molar-refractivity contribution in [2.24, 2.45) is 0 Å². The monoisotopic (exact) mass is 421 g/mol. The van der Waals surface area contributed by atoms with E-state index >= 15 is 0 Å². The summed E-state index contributed by atoms with van der Waals surface area (Å²) >= 11 is 0. The van der Waals surface area contributed by atoms with Gasteiger partial charge in [-0.25, -0.2) is 13.8 Å². The van der Waals surface area contributed by atoms with E-state index in [4.69, 9.17) is 9.72 Å². The number of rotatable bonds is 5. The van der Waals surface area contributed by atoms with Crippen LogP contribution in [0.2, 0.25) is 0 Å². The fourth-order valence-corrected chi connectivity index (χ4v) is 3.72. The molecule has 0 amide bonds. The first-order valence-corrected chi connectivity index (χ1v) is 10.1. The van der Waals surface area contributed by atoms with Gasteiger partial charge < -0.3 is 9.72 Å². The molecule has 1 aliphatic rings. The third-order valence-corrected chi connectivity index (χ3v) is 5.38. The van der Waals surface area contributed by atoms with Gasteiger partial charge in [-0.15, -0.1) is 0 Å². The van der Waals surface area contributed by atoms with Gasteiger partial charge >= 0.3 is 0 Å². The van der Waals surface area contributed by atoms with E-state index in [0.717, 1.165) is 55.5 Å². The van der Waals surface area contributed by atoms with Gasteiger partial charge in [0.05, 0.1) is 24.2 Å². The van der Waals surface area contributed by atoms with Crippen molar-refractivity contribution in [3.63, 3.8) is 0 Å². The fourth-order valence-electron chi connectivity index (χ4n) is 3.72. The number of fused-ring (bicyclic) bond motifs is 1. The summed E-state index contributed by atoms with van der Waals surface area (Å²) in [5.41, 5.74) is 4.46. The maximum atomic E-state index is 13.9. The standard InChI is InChI=1S/C23H21F2N5O/c24-18-3-1-2-16(21(18)25)5-6-17-13-26-29-22(17)23-27-19-7-4-15(12-20(19)28-23)14-30-8-10-31-11-9-30/h1-7,12-13H,8-11,14H2,(H,26,29)(H,27,28)/b6-5+. The zero-order valence-electron chi connectivity index (χ0n) is 16.7. The van der Waals surface area contributed by atoms with Gasteiger partial charge in [0.15, 0.2) is 17.5 Å². The second-order valence-electron chi connectivity index (χ2n) is 7.49. The third kappa shape index (κ3) is 4.12. The lowest BCUT2D eigenvalue weighted by molar-refractivity contribution is 0.0342. The maximum Gasteiger partial charge on any atom is 0.166 e. The minimum absolute atomic E-state index is 0.171. The van der Waals surface area contributed by atoms with Crippen LogP contribution in [0.4, 0.5) is 8.78 Å². The van der Waals surface area contributed by atoms with Crippen LogP contribution in [0.25, 0.3) is 34.7 Å². The summed E-state index contributed by atoms with van der Waals surface area (Å²) in [5.74, 6) is -1.14. The highest BCUT2D eigenvalue weighted by molar-refractivity contribution is 5.82. The van der Waals surface area contributed by atoms with Crippen LogP contribution in [0.1, 0.15) is 16.7 Å². The number of morpholine rings is 1. The summed E-state index contributed by atoms with van der Waals surface area (Å²) in [6.45, 7) is 4.25. The molecule has 0 saturated carbocycles. The molecule has 2 aromatic heterocycles. The highest BCUT2D eigenvalue weighted by atomic mass is 19.2. The van der Waals surface area contributed by atoms with Gasteiger partial charge in [-0.1, -0.05) is 30.4 Å². The highest BCUT2D eigenvalue weighted by Gasteiger charge is 2.14. The van der Waals surface area contributed by atoms with Gasteiger partial charge in [-0.2, -0.15) is 5.10 Å². The van der Waals surface area contributed by atoms with Crippen LogP contribution in [0.5, 0.6) is 0 Å². The molecule has 1 fully saturated rings. The quantitative estimate of drug-likeness (QED) is 0.506. The van der Waals surface area contributed by atoms with Crippen molar-refractivity contribution in [1.82, 2.24) is 25.1 Å². The van der Waals surface area contributed by atoms with Crippen molar-refractivity contribution >= 4 is 23.2 Å². The van der Waals surface area contributed by atoms with Gasteiger partial charge in [0.2, 0.25) is 0 Å². The van der Waals surface area contributed by atoms with Crippen LogP contribution >= 0.6 is 0 Å². The first kappa shape index (κ1) is 19.6. The molecule has 0 unspecified atom stereocenters. The van der Waals surface area contributed by atoms with Crippen LogP contribution < -0.4 is 0 Å². The van der Waals surface area contributed by atoms with E-state index in [0.29, 0.717) is 11.5 Å². The molecule has 8 heteroatoms. The number of aromatic nitrogens is 4. The molecule has 0 spiro atoms. The molecule has 1 saturated heterocycles. The van der Waals surface area contributed by atoms with E-state index < -0.39 is 11.6 Å². The number of nitrogens with one attached hydrogen (secondary N) is 2. The topological polar surface area (TPSA) is 69.8 Å². The van der Waals surface area contributed by atoms with Crippen molar-refractivity contribution in [2.75, 3.05) is 26.3 Å². The fraction of sp³-hybridized carbons (Fsp3) is 0.217. The Morgan fingerprint density at radius 1 is 1.06 bits per heavy atom. The molecule has 5 rings (SSSR count). The minimum Gasteiger partial charge on any atom is -0.379 e. The SMILES string of the molecule is Fc1cccc(/C=C/c2c[nH]nc2-c2nc3cc(CN4CCOCC4)ccc3[nH]2)c1F. The first-order chi connectivity index (χ1) is 15.2. The second kappa shape index (κ2) is 8.41. The predicted octanol–water partition coefficient (Wildman–Crippen LogP) is 4.23. The molecule has 2 aromatic carbocycles. The zero-order chi connectivity index (χ0) is 21.2. The zero-order valence-corrected chi connectivity index (χ0v) is 16.7. The molecular formula is C23H21F2N5O. The second-order valence-corrected chi connectivity index (χ2v) is 7.49. The van der Waals surface area contributed by atoms with Crippen LogP contribution in [0, 0.1) is 11.6 Å². The average Bonchev–Trinajstić information content (AvgIpc) is 3.41. The molecular weight excluding hydrogens is 400 g/mol. The van der Waals surface area contributed by atoms with Crippen molar-refractivity contribution in [1.29, 1.82) is 0 Å². The summed E-state index contributed by atoms with van der Waals surface area (Å²) in [5, 5.41) is 7.11. The van der Waals surface area contributed by atoms with Gasteiger partial charge in [0.1, 0.15) is 5.69 Å². The van der Waals surface area contributed by atoms with Gasteiger partial charge in [-0.05, 0) is 23.8 Å². The number of halogens is 2. The Balaban J connectivity index is 1.40. The molecule has 0 atom stereocenters. The summed E-state index contributed by atoms with van der Waals surface area (Å²) in [6.07, 6.45) is 4.91. The predicted molar refractivity (Wildman–Crippen MR) is 115 cm³/mol. The summed E-state index contributed by atoms with van der Waals surface area (Å²) in [6, 6.07) is 10.3. The Morgan fingerprint density at radius 3 is 2.77 bits per heavy atom. The lowest BCUT2D eigenvalue weighted by Crippen LogP contribution is -2.35. The third-order valence-electron chi connectivity index (χ3n) is 5.38. The number of H-pyrrole nitrogens is 2. The van der Waals surface area contributed by atoms with Crippen molar-refractivity contribution < 1.29 is 13.5 Å². The molecule has 1 aliphatic heterocycles. The van der Waals surface area contributed by atoms with Crippen molar-refractivity contribution in [2.45, 2.75) is 6.54 Å². The molecule has 3 heterocycles.